The third-order valence-corrected chi connectivity index (χ3v) is 5.35. The molecular weight excluding hydrogens is 344 g/mol. The van der Waals surface area contributed by atoms with Gasteiger partial charge in [-0.3, -0.25) is 4.90 Å². The fourth-order valence-electron chi connectivity index (χ4n) is 3.72. The lowest BCUT2D eigenvalue weighted by atomic mass is 9.92. The van der Waals surface area contributed by atoms with E-state index in [1.807, 2.05) is 31.2 Å². The molecule has 1 aromatic carbocycles. The van der Waals surface area contributed by atoms with Gasteiger partial charge in [-0.2, -0.15) is 0 Å². The molecule has 0 unspecified atom stereocenters. The molecule has 0 aromatic heterocycles. The van der Waals surface area contributed by atoms with Gasteiger partial charge >= 0.3 is 12.0 Å². The highest BCUT2D eigenvalue weighted by Crippen LogP contribution is 2.30. The predicted molar refractivity (Wildman–Crippen MR) is 103 cm³/mol. The number of nitrogens with zero attached hydrogens (tertiary/aromatic N) is 2. The van der Waals surface area contributed by atoms with Crippen molar-refractivity contribution in [3.8, 4) is 0 Å². The zero-order chi connectivity index (χ0) is 19.4. The lowest BCUT2D eigenvalue weighted by Gasteiger charge is -2.36. The number of benzene rings is 1. The molecule has 0 radical (unpaired) electrons. The summed E-state index contributed by atoms with van der Waals surface area (Å²) >= 11 is 0. The molecule has 2 aliphatic rings. The summed E-state index contributed by atoms with van der Waals surface area (Å²) in [5.74, 6) is -0.419. The number of amides is 2. The number of piperazine rings is 1. The Labute approximate surface area is 160 Å². The van der Waals surface area contributed by atoms with Crippen LogP contribution in [0.25, 0.3) is 0 Å². The maximum Gasteiger partial charge on any atom is 0.338 e. The van der Waals surface area contributed by atoms with Crippen LogP contribution in [-0.4, -0.2) is 68.2 Å². The standard InChI is InChI=1S/C20H28N4O3/c1-4-23-9-11-24(12-10-23)13-16-17(19(25)27-3)18(22-20(26)21-16)15-8-6-5-7-14(15)2/h5-8,18H,4,9-13H2,1-3H3,(H2,21,22,26)/t18-/m0/s1. The Balaban J connectivity index is 1.92. The molecule has 1 saturated heterocycles. The summed E-state index contributed by atoms with van der Waals surface area (Å²) in [5.41, 5.74) is 3.02. The number of hydrogen-bond donors (Lipinski definition) is 2. The first kappa shape index (κ1) is 19.4. The molecule has 0 bridgehead atoms. The molecule has 1 fully saturated rings. The fourth-order valence-corrected chi connectivity index (χ4v) is 3.72. The lowest BCUT2D eigenvalue weighted by Crippen LogP contribution is -2.51. The minimum absolute atomic E-state index is 0.293. The Bertz CT molecular complexity index is 738. The van der Waals surface area contributed by atoms with Crippen LogP contribution < -0.4 is 10.6 Å². The van der Waals surface area contributed by atoms with Crippen LogP contribution in [0.3, 0.4) is 0 Å². The van der Waals surface area contributed by atoms with Crippen molar-refractivity contribution in [2.24, 2.45) is 0 Å². The molecule has 7 heteroatoms. The number of carbonyl (C=O) groups excluding carboxylic acids is 2. The van der Waals surface area contributed by atoms with Crippen molar-refractivity contribution < 1.29 is 14.3 Å². The van der Waals surface area contributed by atoms with E-state index in [0.29, 0.717) is 17.8 Å². The number of nitrogens with one attached hydrogen (secondary N) is 2. The maximum absolute atomic E-state index is 12.6. The van der Waals surface area contributed by atoms with Crippen LogP contribution in [-0.2, 0) is 9.53 Å². The zero-order valence-electron chi connectivity index (χ0n) is 16.2. The van der Waals surface area contributed by atoms with E-state index < -0.39 is 12.0 Å². The molecular formula is C20H28N4O3. The molecule has 3 rings (SSSR count). The number of hydrogen-bond acceptors (Lipinski definition) is 5. The zero-order valence-corrected chi connectivity index (χ0v) is 16.2. The summed E-state index contributed by atoms with van der Waals surface area (Å²) in [6.07, 6.45) is 0. The average molecular weight is 372 g/mol. The minimum Gasteiger partial charge on any atom is -0.466 e. The van der Waals surface area contributed by atoms with E-state index in [0.717, 1.165) is 43.9 Å². The van der Waals surface area contributed by atoms with Crippen molar-refractivity contribution in [2.75, 3.05) is 46.4 Å². The molecule has 0 saturated carbocycles. The molecule has 2 heterocycles. The molecule has 2 N–H and O–H groups in total. The summed E-state index contributed by atoms with van der Waals surface area (Å²) in [6.45, 7) is 9.50. The first-order valence-corrected chi connectivity index (χ1v) is 9.42. The predicted octanol–water partition coefficient (Wildman–Crippen LogP) is 1.41. The molecule has 2 aliphatic heterocycles. The van der Waals surface area contributed by atoms with Gasteiger partial charge in [0.25, 0.3) is 0 Å². The highest BCUT2D eigenvalue weighted by atomic mass is 16.5. The van der Waals surface area contributed by atoms with Crippen molar-refractivity contribution in [3.63, 3.8) is 0 Å². The Morgan fingerprint density at radius 2 is 1.85 bits per heavy atom. The number of urea groups is 1. The minimum atomic E-state index is -0.515. The number of ether oxygens (including phenoxy) is 1. The number of likely N-dealkylation sites (N-methyl/N-ethyl adjacent to an activating group) is 1. The van der Waals surface area contributed by atoms with Crippen molar-refractivity contribution in [1.29, 1.82) is 0 Å². The van der Waals surface area contributed by atoms with E-state index >= 15 is 0 Å². The Hall–Kier alpha value is -2.38. The largest absolute Gasteiger partial charge is 0.466 e. The van der Waals surface area contributed by atoms with Crippen LogP contribution in [0, 0.1) is 6.92 Å². The maximum atomic E-state index is 12.6. The quantitative estimate of drug-likeness (QED) is 0.765. The normalized spacial score (nSPS) is 21.6. The van der Waals surface area contributed by atoms with E-state index in [1.54, 1.807) is 0 Å². The SMILES string of the molecule is CCN1CCN(CC2=C(C(=O)OC)[C@H](c3ccccc3C)NC(=O)N2)CC1. The highest BCUT2D eigenvalue weighted by Gasteiger charge is 2.34. The Kier molecular flexibility index (Phi) is 6.13. The van der Waals surface area contributed by atoms with Crippen molar-refractivity contribution in [1.82, 2.24) is 20.4 Å². The van der Waals surface area contributed by atoms with Crippen molar-refractivity contribution in [3.05, 3.63) is 46.7 Å². The van der Waals surface area contributed by atoms with Gasteiger partial charge in [0.1, 0.15) is 0 Å². The number of carbonyl (C=O) groups is 2. The molecule has 146 valence electrons. The van der Waals surface area contributed by atoms with Gasteiger partial charge in [0.15, 0.2) is 0 Å². The van der Waals surface area contributed by atoms with Crippen LogP contribution in [0.4, 0.5) is 4.79 Å². The van der Waals surface area contributed by atoms with Crippen LogP contribution in [0.1, 0.15) is 24.1 Å². The number of methoxy groups -OCH3 is 1. The van der Waals surface area contributed by atoms with E-state index in [2.05, 4.69) is 27.4 Å². The smallest absolute Gasteiger partial charge is 0.338 e. The summed E-state index contributed by atoms with van der Waals surface area (Å²) in [5, 5.41) is 5.73. The topological polar surface area (TPSA) is 73.9 Å². The van der Waals surface area contributed by atoms with Gasteiger partial charge in [0, 0.05) is 38.4 Å². The molecule has 1 aromatic rings. The van der Waals surface area contributed by atoms with Gasteiger partial charge in [-0.1, -0.05) is 31.2 Å². The second kappa shape index (κ2) is 8.54. The number of aryl methyl sites for hydroxylation is 1. The molecule has 0 aliphatic carbocycles. The summed E-state index contributed by atoms with van der Waals surface area (Å²) in [7, 11) is 1.37. The van der Waals surface area contributed by atoms with E-state index in [4.69, 9.17) is 4.74 Å². The van der Waals surface area contributed by atoms with Crippen LogP contribution in [0.5, 0.6) is 0 Å². The van der Waals surface area contributed by atoms with Crippen LogP contribution in [0.2, 0.25) is 0 Å². The highest BCUT2D eigenvalue weighted by molar-refractivity contribution is 5.95. The molecule has 7 nitrogen and oxygen atoms in total. The van der Waals surface area contributed by atoms with Crippen molar-refractivity contribution in [2.45, 2.75) is 19.9 Å². The lowest BCUT2D eigenvalue weighted by molar-refractivity contribution is -0.136. The van der Waals surface area contributed by atoms with Gasteiger partial charge < -0.3 is 20.3 Å². The van der Waals surface area contributed by atoms with Gasteiger partial charge in [-0.25, -0.2) is 9.59 Å². The Morgan fingerprint density at radius 1 is 1.19 bits per heavy atom. The second-order valence-electron chi connectivity index (χ2n) is 6.98. The number of esters is 1. The van der Waals surface area contributed by atoms with Gasteiger partial charge in [-0.15, -0.1) is 0 Å². The molecule has 0 spiro atoms. The van der Waals surface area contributed by atoms with E-state index in [9.17, 15) is 9.59 Å². The summed E-state index contributed by atoms with van der Waals surface area (Å²) in [4.78, 5) is 29.6. The average Bonchev–Trinajstić information content (AvgIpc) is 2.68. The summed E-state index contributed by atoms with van der Waals surface area (Å²) in [6, 6.07) is 6.96. The molecule has 1 atom stereocenters. The van der Waals surface area contributed by atoms with E-state index in [1.165, 1.54) is 7.11 Å². The molecule has 27 heavy (non-hydrogen) atoms. The van der Waals surface area contributed by atoms with Crippen LogP contribution >= 0.6 is 0 Å². The number of rotatable bonds is 5. The second-order valence-corrected chi connectivity index (χ2v) is 6.98. The Morgan fingerprint density at radius 3 is 2.48 bits per heavy atom. The van der Waals surface area contributed by atoms with Gasteiger partial charge in [0.2, 0.25) is 0 Å². The van der Waals surface area contributed by atoms with Crippen molar-refractivity contribution >= 4 is 12.0 Å². The monoisotopic (exact) mass is 372 g/mol. The first-order valence-electron chi connectivity index (χ1n) is 9.42. The van der Waals surface area contributed by atoms with E-state index in [-0.39, 0.29) is 6.03 Å². The van der Waals surface area contributed by atoms with Gasteiger partial charge in [0.05, 0.1) is 18.7 Å². The third kappa shape index (κ3) is 4.31. The summed E-state index contributed by atoms with van der Waals surface area (Å²) < 4.78 is 5.06. The van der Waals surface area contributed by atoms with Gasteiger partial charge in [-0.05, 0) is 24.6 Å². The first-order chi connectivity index (χ1) is 13.0. The third-order valence-electron chi connectivity index (χ3n) is 5.35. The van der Waals surface area contributed by atoms with Crippen LogP contribution in [0.15, 0.2) is 35.5 Å². The molecule has 2 amide bonds. The fraction of sp³-hybridized carbons (Fsp3) is 0.500.